The minimum Gasteiger partial charge on any atom is -0.599 e. The SMILES string of the molecule is CCC(C)(N[NH+]([O-])O)[NH+]([O-])O. The molecule has 7 heteroatoms. The van der Waals surface area contributed by atoms with Crippen molar-refractivity contribution in [2.75, 3.05) is 0 Å². The van der Waals surface area contributed by atoms with Crippen LogP contribution in [-0.2, 0) is 0 Å². The summed E-state index contributed by atoms with van der Waals surface area (Å²) >= 11 is 0. The van der Waals surface area contributed by atoms with Crippen LogP contribution in [0.1, 0.15) is 20.3 Å². The lowest BCUT2D eigenvalue weighted by Crippen LogP contribution is -3.26. The molecule has 3 atom stereocenters. The van der Waals surface area contributed by atoms with Crippen molar-refractivity contribution in [1.82, 2.24) is 5.43 Å². The van der Waals surface area contributed by atoms with E-state index in [1.165, 1.54) is 6.92 Å². The summed E-state index contributed by atoms with van der Waals surface area (Å²) in [5.41, 5.74) is 0.553. The number of hydrogen-bond acceptors (Lipinski definition) is 5. The number of hydrogen-bond donors (Lipinski definition) is 5. The third-order valence-corrected chi connectivity index (χ3v) is 1.56. The van der Waals surface area contributed by atoms with E-state index in [0.717, 1.165) is 0 Å². The molecule has 0 radical (unpaired) electrons. The van der Waals surface area contributed by atoms with Crippen molar-refractivity contribution in [3.63, 3.8) is 0 Å². The summed E-state index contributed by atoms with van der Waals surface area (Å²) < 4.78 is 0. The Hall–Kier alpha value is -0.280. The molecule has 0 fully saturated rings. The van der Waals surface area contributed by atoms with E-state index < -0.39 is 16.2 Å². The Kier molecular flexibility index (Phi) is 3.83. The van der Waals surface area contributed by atoms with Crippen molar-refractivity contribution in [2.24, 2.45) is 0 Å². The summed E-state index contributed by atoms with van der Waals surface area (Å²) in [7, 11) is 0. The van der Waals surface area contributed by atoms with Gasteiger partial charge in [-0.1, -0.05) is 12.3 Å². The normalized spacial score (nSPS) is 22.4. The van der Waals surface area contributed by atoms with E-state index in [1.54, 1.807) is 6.92 Å². The quantitative estimate of drug-likeness (QED) is 0.229. The van der Waals surface area contributed by atoms with E-state index in [1.807, 2.05) is 5.43 Å². The number of quaternary nitrogens is 2. The number of nitrogens with one attached hydrogen (secondary N) is 3. The molecule has 0 heterocycles. The molecule has 0 saturated heterocycles. The van der Waals surface area contributed by atoms with Gasteiger partial charge in [-0.05, 0) is 0 Å². The maximum atomic E-state index is 10.5. The highest BCUT2D eigenvalue weighted by molar-refractivity contribution is 4.59. The van der Waals surface area contributed by atoms with Crippen LogP contribution in [0.2, 0.25) is 0 Å². The lowest BCUT2D eigenvalue weighted by Gasteiger charge is -2.34. The second-order valence-corrected chi connectivity index (χ2v) is 2.42. The first kappa shape index (κ1) is 10.7. The molecule has 0 saturated carbocycles. The largest absolute Gasteiger partial charge is 0.599 e. The molecule has 0 spiro atoms. The highest BCUT2D eigenvalue weighted by Crippen LogP contribution is 1.94. The molecule has 3 unspecified atom stereocenters. The average Bonchev–Trinajstić information content (AvgIpc) is 1.86. The maximum Gasteiger partial charge on any atom is 0.222 e. The Balaban J connectivity index is 4.10. The van der Waals surface area contributed by atoms with Crippen LogP contribution in [0.4, 0.5) is 0 Å². The summed E-state index contributed by atoms with van der Waals surface area (Å²) in [4.78, 5) is 0. The third kappa shape index (κ3) is 3.08. The fourth-order valence-electron chi connectivity index (χ4n) is 0.529. The topological polar surface area (TPSA) is 107 Å². The monoisotopic (exact) mass is 167 g/mol. The molecule has 0 amide bonds. The van der Waals surface area contributed by atoms with Crippen LogP contribution in [-0.4, -0.2) is 16.1 Å². The van der Waals surface area contributed by atoms with Gasteiger partial charge in [-0.15, -0.1) is 5.34 Å². The number of rotatable bonds is 4. The van der Waals surface area contributed by atoms with Crippen LogP contribution in [0.25, 0.3) is 0 Å². The van der Waals surface area contributed by atoms with Crippen molar-refractivity contribution in [3.05, 3.63) is 10.4 Å². The van der Waals surface area contributed by atoms with Crippen LogP contribution in [0.5, 0.6) is 0 Å². The van der Waals surface area contributed by atoms with Gasteiger partial charge in [-0.3, -0.25) is 0 Å². The fourth-order valence-corrected chi connectivity index (χ4v) is 0.529. The molecule has 0 bridgehead atoms. The Labute approximate surface area is 63.9 Å². The standard InChI is InChI=1S/C4H13N3O4/c1-3-4(2,6(8)9)5-7(10)11/h5-8,10H,3H2,1-2H3. The van der Waals surface area contributed by atoms with E-state index in [-0.39, 0.29) is 6.42 Å². The third-order valence-electron chi connectivity index (χ3n) is 1.56. The van der Waals surface area contributed by atoms with Crippen LogP contribution in [0.3, 0.4) is 0 Å². The second kappa shape index (κ2) is 3.93. The van der Waals surface area contributed by atoms with Gasteiger partial charge in [-0.2, -0.15) is 5.21 Å². The molecule has 68 valence electrons. The second-order valence-electron chi connectivity index (χ2n) is 2.42. The number of hydroxylamine groups is 2. The van der Waals surface area contributed by atoms with Crippen molar-refractivity contribution in [2.45, 2.75) is 25.9 Å². The minimum atomic E-state index is -1.37. The Morgan fingerprint density at radius 1 is 1.45 bits per heavy atom. The van der Waals surface area contributed by atoms with Crippen molar-refractivity contribution in [3.8, 4) is 0 Å². The zero-order valence-electron chi connectivity index (χ0n) is 6.42. The van der Waals surface area contributed by atoms with Gasteiger partial charge in [0.1, 0.15) is 0 Å². The fraction of sp³-hybridized carbons (Fsp3) is 1.00. The van der Waals surface area contributed by atoms with E-state index in [2.05, 4.69) is 0 Å². The first-order valence-corrected chi connectivity index (χ1v) is 3.17. The van der Waals surface area contributed by atoms with Gasteiger partial charge >= 0.3 is 0 Å². The van der Waals surface area contributed by atoms with Gasteiger partial charge in [0, 0.05) is 13.3 Å². The van der Waals surface area contributed by atoms with E-state index in [4.69, 9.17) is 10.4 Å². The zero-order valence-corrected chi connectivity index (χ0v) is 6.42. The molecule has 0 aliphatic heterocycles. The average molecular weight is 167 g/mol. The predicted molar refractivity (Wildman–Crippen MR) is 34.1 cm³/mol. The van der Waals surface area contributed by atoms with Gasteiger partial charge in [0.05, 0.1) is 0 Å². The molecule has 7 nitrogen and oxygen atoms in total. The molecule has 0 rings (SSSR count). The summed E-state index contributed by atoms with van der Waals surface area (Å²) in [5, 5.41) is 34.9. The molecule has 11 heavy (non-hydrogen) atoms. The smallest absolute Gasteiger partial charge is 0.222 e. The summed E-state index contributed by atoms with van der Waals surface area (Å²) in [6.45, 7) is 2.92. The highest BCUT2D eigenvalue weighted by Gasteiger charge is 2.32. The van der Waals surface area contributed by atoms with E-state index in [9.17, 15) is 10.4 Å². The molecular formula is C4H13N3O4. The van der Waals surface area contributed by atoms with E-state index >= 15 is 0 Å². The summed E-state index contributed by atoms with van der Waals surface area (Å²) in [5.74, 6) is 0. The van der Waals surface area contributed by atoms with E-state index in [0.29, 0.717) is 0 Å². The van der Waals surface area contributed by atoms with Crippen LogP contribution in [0, 0.1) is 10.4 Å². The lowest BCUT2D eigenvalue weighted by molar-refractivity contribution is -1.16. The molecule has 5 N–H and O–H groups in total. The highest BCUT2D eigenvalue weighted by atomic mass is 16.8. The Morgan fingerprint density at radius 3 is 2.00 bits per heavy atom. The molecule has 0 aromatic heterocycles. The summed E-state index contributed by atoms with van der Waals surface area (Å²) in [6, 6.07) is 0. The first-order valence-electron chi connectivity index (χ1n) is 3.17. The van der Waals surface area contributed by atoms with Crippen molar-refractivity contribution < 1.29 is 21.0 Å². The molecule has 0 aromatic carbocycles. The Bertz CT molecular complexity index is 120. The van der Waals surface area contributed by atoms with Crippen molar-refractivity contribution in [1.29, 1.82) is 0 Å². The predicted octanol–water partition coefficient (Wildman–Crippen LogP) is -2.84. The maximum absolute atomic E-state index is 10.5. The zero-order chi connectivity index (χ0) is 9.07. The molecular weight excluding hydrogens is 154 g/mol. The first-order chi connectivity index (χ1) is 4.92. The van der Waals surface area contributed by atoms with Gasteiger partial charge < -0.3 is 10.4 Å². The van der Waals surface area contributed by atoms with Gasteiger partial charge in [0.2, 0.25) is 5.66 Å². The lowest BCUT2D eigenvalue weighted by atomic mass is 10.2. The van der Waals surface area contributed by atoms with Crippen LogP contribution < -0.4 is 16.0 Å². The molecule has 0 aliphatic carbocycles. The summed E-state index contributed by atoms with van der Waals surface area (Å²) in [6.07, 6.45) is 0.217. The van der Waals surface area contributed by atoms with Gasteiger partial charge in [-0.25, -0.2) is 10.4 Å². The van der Waals surface area contributed by atoms with Crippen LogP contribution in [0.15, 0.2) is 0 Å². The minimum absolute atomic E-state index is 0.217. The van der Waals surface area contributed by atoms with Crippen molar-refractivity contribution >= 4 is 0 Å². The van der Waals surface area contributed by atoms with Gasteiger partial charge in [0.25, 0.3) is 0 Å². The molecule has 0 aliphatic rings. The Morgan fingerprint density at radius 2 is 1.91 bits per heavy atom. The van der Waals surface area contributed by atoms with Gasteiger partial charge in [0.15, 0.2) is 0 Å². The van der Waals surface area contributed by atoms with Crippen LogP contribution >= 0.6 is 0 Å². The molecule has 0 aromatic rings.